The number of hydrogen-bond donors (Lipinski definition) is 0. The largest absolute Gasteiger partial charge is 0.479 e. The van der Waals surface area contributed by atoms with E-state index in [1.54, 1.807) is 50.1 Å². The van der Waals surface area contributed by atoms with Gasteiger partial charge in [0, 0.05) is 31.1 Å². The molecule has 0 aliphatic heterocycles. The average molecular weight is 533 g/mol. The number of aromatic nitrogens is 8. The van der Waals surface area contributed by atoms with Gasteiger partial charge in [-0.05, 0) is 19.1 Å². The molecule has 12 nitrogen and oxygen atoms in total. The molecule has 0 aliphatic carbocycles. The van der Waals surface area contributed by atoms with Gasteiger partial charge in [-0.1, -0.05) is 18.5 Å². The molecular formula is C22H25ClN8O4S. The molecule has 0 unspecified atom stereocenters. The number of rotatable bonds is 9. The first-order valence-corrected chi connectivity index (χ1v) is 12.9. The monoisotopic (exact) mass is 532 g/mol. The highest BCUT2D eigenvalue weighted by atomic mass is 35.5. The maximum Gasteiger partial charge on any atom is 0.245 e. The summed E-state index contributed by atoms with van der Waals surface area (Å²) in [6, 6.07) is 3.41. The smallest absolute Gasteiger partial charge is 0.245 e. The third-order valence-electron chi connectivity index (χ3n) is 5.88. The van der Waals surface area contributed by atoms with Crippen LogP contribution >= 0.6 is 11.6 Å². The molecule has 4 rings (SSSR count). The zero-order valence-electron chi connectivity index (χ0n) is 20.3. The van der Waals surface area contributed by atoms with Gasteiger partial charge >= 0.3 is 0 Å². The molecule has 4 aromatic rings. The molecule has 0 saturated heterocycles. The second kappa shape index (κ2) is 10.2. The number of pyridine rings is 1. The Morgan fingerprint density at radius 2 is 1.72 bits per heavy atom. The van der Waals surface area contributed by atoms with Crippen molar-refractivity contribution < 1.29 is 17.9 Å². The van der Waals surface area contributed by atoms with Crippen LogP contribution in [0.4, 0.5) is 0 Å². The molecule has 2 atom stereocenters. The summed E-state index contributed by atoms with van der Waals surface area (Å²) >= 11 is 5.94. The van der Waals surface area contributed by atoms with Crippen LogP contribution in [-0.2, 0) is 22.6 Å². The van der Waals surface area contributed by atoms with E-state index in [1.807, 2.05) is 0 Å². The van der Waals surface area contributed by atoms with Gasteiger partial charge in [0.2, 0.25) is 11.8 Å². The number of aryl methyl sites for hydroxylation is 1. The lowest BCUT2D eigenvalue weighted by molar-refractivity contribution is 0.368. The van der Waals surface area contributed by atoms with Crippen LogP contribution < -0.4 is 9.47 Å². The molecule has 0 fully saturated rings. The summed E-state index contributed by atoms with van der Waals surface area (Å²) in [6.45, 7) is 3.45. The van der Waals surface area contributed by atoms with Crippen LogP contribution in [0.1, 0.15) is 31.3 Å². The molecule has 14 heteroatoms. The normalized spacial score (nSPS) is 13.4. The van der Waals surface area contributed by atoms with Gasteiger partial charge in [-0.15, -0.1) is 10.2 Å². The summed E-state index contributed by atoms with van der Waals surface area (Å²) in [5.41, 5.74) is 1.50. The van der Waals surface area contributed by atoms with Gasteiger partial charge in [0.1, 0.15) is 12.1 Å². The van der Waals surface area contributed by atoms with Crippen LogP contribution in [-0.4, -0.2) is 67.4 Å². The van der Waals surface area contributed by atoms with Gasteiger partial charge in [0.05, 0.1) is 36.3 Å². The van der Waals surface area contributed by atoms with Crippen molar-refractivity contribution in [1.29, 1.82) is 0 Å². The molecule has 190 valence electrons. The lowest BCUT2D eigenvalue weighted by atomic mass is 10.0. The van der Waals surface area contributed by atoms with Crippen molar-refractivity contribution in [2.75, 3.05) is 14.2 Å². The van der Waals surface area contributed by atoms with E-state index in [4.69, 9.17) is 21.1 Å². The van der Waals surface area contributed by atoms with E-state index in [9.17, 15) is 8.42 Å². The highest BCUT2D eigenvalue weighted by Crippen LogP contribution is 2.34. The molecule has 0 radical (unpaired) electrons. The Morgan fingerprint density at radius 3 is 2.28 bits per heavy atom. The fourth-order valence-electron chi connectivity index (χ4n) is 3.73. The van der Waals surface area contributed by atoms with Gasteiger partial charge < -0.3 is 9.47 Å². The molecule has 0 spiro atoms. The number of nitrogens with zero attached hydrogens (tertiary/aromatic N) is 8. The Kier molecular flexibility index (Phi) is 7.22. The number of sulfone groups is 1. The number of hydrogen-bond acceptors (Lipinski definition) is 10. The van der Waals surface area contributed by atoms with Gasteiger partial charge in [0.15, 0.2) is 27.2 Å². The van der Waals surface area contributed by atoms with Crippen molar-refractivity contribution in [1.82, 2.24) is 39.5 Å². The summed E-state index contributed by atoms with van der Waals surface area (Å²) in [7, 11) is 0.903. The summed E-state index contributed by atoms with van der Waals surface area (Å²) < 4.78 is 41.2. The molecule has 0 aromatic carbocycles. The highest BCUT2D eigenvalue weighted by molar-refractivity contribution is 7.91. The van der Waals surface area contributed by atoms with Crippen molar-refractivity contribution in [3.8, 4) is 28.8 Å². The molecule has 4 heterocycles. The number of halogens is 1. The topological polar surface area (TPSA) is 140 Å². The van der Waals surface area contributed by atoms with E-state index in [-0.39, 0.29) is 23.3 Å². The first-order valence-electron chi connectivity index (χ1n) is 10.9. The molecule has 0 N–H and O–H groups in total. The molecular weight excluding hydrogens is 508 g/mol. The summed E-state index contributed by atoms with van der Waals surface area (Å²) in [5, 5.41) is 12.4. The first-order chi connectivity index (χ1) is 17.2. The zero-order valence-corrected chi connectivity index (χ0v) is 21.9. The van der Waals surface area contributed by atoms with Crippen molar-refractivity contribution in [3.05, 3.63) is 53.6 Å². The predicted molar refractivity (Wildman–Crippen MR) is 132 cm³/mol. The minimum atomic E-state index is -3.74. The second-order valence-electron chi connectivity index (χ2n) is 8.12. The lowest BCUT2D eigenvalue weighted by Crippen LogP contribution is -2.27. The van der Waals surface area contributed by atoms with Crippen molar-refractivity contribution in [2.45, 2.75) is 30.8 Å². The fourth-order valence-corrected chi connectivity index (χ4v) is 5.41. The van der Waals surface area contributed by atoms with Crippen molar-refractivity contribution in [3.63, 3.8) is 0 Å². The second-order valence-corrected chi connectivity index (χ2v) is 10.9. The third kappa shape index (κ3) is 4.88. The lowest BCUT2D eigenvalue weighted by Gasteiger charge is -2.20. The van der Waals surface area contributed by atoms with Gasteiger partial charge in [0.25, 0.3) is 0 Å². The third-order valence-corrected chi connectivity index (χ3v) is 8.30. The Morgan fingerprint density at radius 1 is 1.03 bits per heavy atom. The Hall–Kier alpha value is -3.58. The Bertz CT molecular complexity index is 1450. The number of ether oxygens (including phenoxy) is 2. The van der Waals surface area contributed by atoms with Crippen LogP contribution in [0.15, 0.2) is 37.1 Å². The molecule has 0 bridgehead atoms. The maximum atomic E-state index is 13.6. The minimum Gasteiger partial charge on any atom is -0.479 e. The van der Waals surface area contributed by atoms with Gasteiger partial charge in [-0.25, -0.2) is 8.42 Å². The Labute approximate surface area is 213 Å². The number of methoxy groups -OCH3 is 2. The van der Waals surface area contributed by atoms with Crippen molar-refractivity contribution in [2.24, 2.45) is 7.05 Å². The fraction of sp³-hybridized carbons (Fsp3) is 0.364. The Balaban J connectivity index is 1.81. The summed E-state index contributed by atoms with van der Waals surface area (Å²) in [6.07, 6.45) is 6.11. The standard InChI is InChI=1S/C22H25ClN8O4S/c1-13(17-7-6-16(23)9-24-17)14(2)36(32,33)11-18-28-29-20(15-8-27-30(3)10-15)31(18)19-21(34-4)25-12-26-22(19)35-5/h6-10,12-14H,11H2,1-5H3/t13-,14-/m0/s1. The van der Waals surface area contributed by atoms with E-state index in [0.717, 1.165) is 0 Å². The molecule has 0 amide bonds. The maximum absolute atomic E-state index is 13.6. The minimum absolute atomic E-state index is 0.142. The predicted octanol–water partition coefficient (Wildman–Crippen LogP) is 2.63. The van der Waals surface area contributed by atoms with Crippen LogP contribution in [0.3, 0.4) is 0 Å². The molecule has 0 saturated carbocycles. The quantitative estimate of drug-likeness (QED) is 0.316. The molecule has 36 heavy (non-hydrogen) atoms. The SMILES string of the molecule is COc1ncnc(OC)c1-n1c(CS(=O)(=O)[C@@H](C)[C@H](C)c2ccc(Cl)cn2)nnc1-c1cnn(C)c1. The van der Waals surface area contributed by atoms with Crippen LogP contribution in [0.25, 0.3) is 17.1 Å². The molecule has 0 aliphatic rings. The van der Waals surface area contributed by atoms with E-state index in [0.29, 0.717) is 22.1 Å². The average Bonchev–Trinajstić information content (AvgIpc) is 3.48. The van der Waals surface area contributed by atoms with Crippen LogP contribution in [0.2, 0.25) is 5.02 Å². The van der Waals surface area contributed by atoms with E-state index in [1.165, 1.54) is 31.3 Å². The first kappa shape index (κ1) is 25.5. The van der Waals surface area contributed by atoms with Crippen LogP contribution in [0.5, 0.6) is 11.8 Å². The van der Waals surface area contributed by atoms with Gasteiger partial charge in [-0.3, -0.25) is 14.2 Å². The van der Waals surface area contributed by atoms with E-state index >= 15 is 0 Å². The zero-order chi connectivity index (χ0) is 26.0. The van der Waals surface area contributed by atoms with Crippen molar-refractivity contribution >= 4 is 21.4 Å². The molecule has 4 aromatic heterocycles. The highest BCUT2D eigenvalue weighted by Gasteiger charge is 2.33. The van der Waals surface area contributed by atoms with Gasteiger partial charge in [-0.2, -0.15) is 15.1 Å². The summed E-state index contributed by atoms with van der Waals surface area (Å²) in [4.78, 5) is 12.6. The van der Waals surface area contributed by atoms with Crippen LogP contribution in [0, 0.1) is 0 Å². The van der Waals surface area contributed by atoms with E-state index < -0.39 is 26.8 Å². The van der Waals surface area contributed by atoms with E-state index in [2.05, 4.69) is 30.2 Å². The summed E-state index contributed by atoms with van der Waals surface area (Å²) in [5.74, 6) is -0.0104.